The van der Waals surface area contributed by atoms with E-state index in [9.17, 15) is 4.39 Å². The van der Waals surface area contributed by atoms with Crippen molar-refractivity contribution in [2.45, 2.75) is 6.54 Å². The van der Waals surface area contributed by atoms with Crippen molar-refractivity contribution in [3.8, 4) is 0 Å². The Morgan fingerprint density at radius 3 is 1.88 bits per heavy atom. The summed E-state index contributed by atoms with van der Waals surface area (Å²) in [4.78, 5) is 0. The van der Waals surface area contributed by atoms with Gasteiger partial charge in [-0.1, -0.05) is 13.2 Å². The maximum absolute atomic E-state index is 11.8. The molecular formula is C5H7FO2. The Kier molecular flexibility index (Phi) is 3.66. The van der Waals surface area contributed by atoms with Gasteiger partial charge in [0.25, 0.3) is 0 Å². The molecular weight excluding hydrogens is 111 g/mol. The van der Waals surface area contributed by atoms with Crippen molar-refractivity contribution in [1.82, 2.24) is 0 Å². The second-order valence-corrected chi connectivity index (χ2v) is 0.880. The fourth-order valence-electron chi connectivity index (χ4n) is 0.183. The smallest absolute Gasteiger partial charge is 0.395 e. The minimum absolute atomic E-state index is 0.953. The van der Waals surface area contributed by atoms with Crippen LogP contribution in [0.3, 0.4) is 0 Å². The molecule has 0 aromatic carbocycles. The third kappa shape index (κ3) is 3.21. The molecule has 8 heavy (non-hydrogen) atoms. The highest BCUT2D eigenvalue weighted by atomic mass is 19.2. The summed E-state index contributed by atoms with van der Waals surface area (Å²) in [5.41, 5.74) is 0. The van der Waals surface area contributed by atoms with Crippen molar-refractivity contribution >= 4 is 0 Å². The molecule has 0 N–H and O–H groups in total. The fraction of sp³-hybridized carbons (Fsp3) is 0.200. The normalized spacial score (nSPS) is 8.25. The standard InChI is InChI=1S/C5H7FO2/c1-3-7-5(6)8-4-2/h3-5H,1-2H2. The zero-order valence-corrected chi connectivity index (χ0v) is 4.34. The number of hydrogen-bond acceptors (Lipinski definition) is 2. The van der Waals surface area contributed by atoms with Crippen molar-refractivity contribution in [3.63, 3.8) is 0 Å². The summed E-state index contributed by atoms with van der Waals surface area (Å²) < 4.78 is 20.0. The van der Waals surface area contributed by atoms with E-state index < -0.39 is 6.54 Å². The Hall–Kier alpha value is -0.990. The summed E-state index contributed by atoms with van der Waals surface area (Å²) in [6.45, 7) is 4.44. The first-order valence-electron chi connectivity index (χ1n) is 1.98. The Bertz CT molecular complexity index is 72.5. The predicted molar refractivity (Wildman–Crippen MR) is 27.5 cm³/mol. The van der Waals surface area contributed by atoms with Gasteiger partial charge in [0, 0.05) is 0 Å². The van der Waals surface area contributed by atoms with E-state index in [1.807, 2.05) is 0 Å². The largest absolute Gasteiger partial charge is 0.438 e. The quantitative estimate of drug-likeness (QED) is 0.412. The molecule has 0 amide bonds. The molecule has 46 valence electrons. The van der Waals surface area contributed by atoms with Crippen LogP contribution < -0.4 is 0 Å². The monoisotopic (exact) mass is 118 g/mol. The molecule has 0 radical (unpaired) electrons. The first-order valence-corrected chi connectivity index (χ1v) is 1.98. The Morgan fingerprint density at radius 2 is 1.62 bits per heavy atom. The van der Waals surface area contributed by atoms with Crippen LogP contribution in [0.4, 0.5) is 4.39 Å². The van der Waals surface area contributed by atoms with Gasteiger partial charge in [-0.25, -0.2) is 0 Å². The van der Waals surface area contributed by atoms with E-state index >= 15 is 0 Å². The number of halogens is 1. The Labute approximate surface area is 47.2 Å². The van der Waals surface area contributed by atoms with Crippen LogP contribution in [0, 0.1) is 0 Å². The third-order valence-electron chi connectivity index (χ3n) is 0.406. The number of hydrogen-bond donors (Lipinski definition) is 0. The lowest BCUT2D eigenvalue weighted by Gasteiger charge is -2.03. The average molecular weight is 118 g/mol. The molecule has 0 aliphatic carbocycles. The molecule has 0 bridgehead atoms. The van der Waals surface area contributed by atoms with Crippen molar-refractivity contribution in [3.05, 3.63) is 25.7 Å². The number of ether oxygens (including phenoxy) is 2. The molecule has 0 fully saturated rings. The van der Waals surface area contributed by atoms with Gasteiger partial charge in [0.05, 0.1) is 12.5 Å². The second kappa shape index (κ2) is 4.18. The minimum Gasteiger partial charge on any atom is -0.438 e. The lowest BCUT2D eigenvalue weighted by Crippen LogP contribution is -2.01. The molecule has 0 unspecified atom stereocenters. The Morgan fingerprint density at radius 1 is 1.25 bits per heavy atom. The van der Waals surface area contributed by atoms with E-state index in [0.717, 1.165) is 12.5 Å². The molecule has 3 heteroatoms. The van der Waals surface area contributed by atoms with E-state index in [4.69, 9.17) is 0 Å². The minimum atomic E-state index is -1.77. The fourth-order valence-corrected chi connectivity index (χ4v) is 0.183. The lowest BCUT2D eigenvalue weighted by molar-refractivity contribution is -0.153. The maximum Gasteiger partial charge on any atom is 0.395 e. The number of alkyl halides is 1. The molecule has 0 aliphatic rings. The number of rotatable bonds is 4. The first-order chi connectivity index (χ1) is 3.81. The molecule has 0 atom stereocenters. The van der Waals surface area contributed by atoms with Gasteiger partial charge in [0.2, 0.25) is 0 Å². The molecule has 0 aromatic rings. The molecule has 0 aromatic heterocycles. The maximum atomic E-state index is 11.8. The van der Waals surface area contributed by atoms with E-state index in [1.165, 1.54) is 0 Å². The van der Waals surface area contributed by atoms with Gasteiger partial charge in [-0.15, -0.1) is 0 Å². The molecule has 0 heterocycles. The van der Waals surface area contributed by atoms with E-state index in [-0.39, 0.29) is 0 Å². The van der Waals surface area contributed by atoms with Gasteiger partial charge in [-0.05, 0) is 0 Å². The molecule has 0 aliphatic heterocycles. The summed E-state index contributed by atoms with van der Waals surface area (Å²) in [5, 5.41) is 0. The summed E-state index contributed by atoms with van der Waals surface area (Å²) >= 11 is 0. The van der Waals surface area contributed by atoms with Crippen molar-refractivity contribution in [2.24, 2.45) is 0 Å². The molecule has 0 rings (SSSR count). The molecule has 0 saturated heterocycles. The topological polar surface area (TPSA) is 18.5 Å². The summed E-state index contributed by atoms with van der Waals surface area (Å²) in [6.07, 6.45) is 1.91. The van der Waals surface area contributed by atoms with Crippen molar-refractivity contribution < 1.29 is 13.9 Å². The zero-order chi connectivity index (χ0) is 6.41. The van der Waals surface area contributed by atoms with Crippen LogP contribution in [0.25, 0.3) is 0 Å². The van der Waals surface area contributed by atoms with Crippen LogP contribution in [0.1, 0.15) is 0 Å². The van der Waals surface area contributed by atoms with Gasteiger partial charge in [-0.2, -0.15) is 4.39 Å². The van der Waals surface area contributed by atoms with Crippen LogP contribution >= 0.6 is 0 Å². The summed E-state index contributed by atoms with van der Waals surface area (Å²) in [6, 6.07) is 0. The van der Waals surface area contributed by atoms with Gasteiger partial charge < -0.3 is 9.47 Å². The van der Waals surface area contributed by atoms with Crippen molar-refractivity contribution in [1.29, 1.82) is 0 Å². The van der Waals surface area contributed by atoms with E-state index in [0.29, 0.717) is 0 Å². The third-order valence-corrected chi connectivity index (χ3v) is 0.406. The first kappa shape index (κ1) is 7.01. The zero-order valence-electron chi connectivity index (χ0n) is 4.34. The SMILES string of the molecule is C=COC(F)OC=C. The predicted octanol–water partition coefficient (Wildman–Crippen LogP) is 1.56. The summed E-state index contributed by atoms with van der Waals surface area (Å²) in [5.74, 6) is 0. The molecule has 0 saturated carbocycles. The van der Waals surface area contributed by atoms with Gasteiger partial charge in [0.1, 0.15) is 0 Å². The van der Waals surface area contributed by atoms with E-state index in [1.54, 1.807) is 0 Å². The highest BCUT2D eigenvalue weighted by molar-refractivity contribution is 4.51. The van der Waals surface area contributed by atoms with Crippen LogP contribution in [-0.4, -0.2) is 6.54 Å². The lowest BCUT2D eigenvalue weighted by atomic mass is 11.1. The average Bonchev–Trinajstić information content (AvgIpc) is 1.68. The van der Waals surface area contributed by atoms with Crippen molar-refractivity contribution in [2.75, 3.05) is 0 Å². The highest BCUT2D eigenvalue weighted by Gasteiger charge is 1.98. The van der Waals surface area contributed by atoms with Gasteiger partial charge in [0.15, 0.2) is 0 Å². The van der Waals surface area contributed by atoms with Crippen LogP contribution in [-0.2, 0) is 9.47 Å². The van der Waals surface area contributed by atoms with Crippen LogP contribution in [0.15, 0.2) is 25.7 Å². The van der Waals surface area contributed by atoms with Gasteiger partial charge >= 0.3 is 6.54 Å². The highest BCUT2D eigenvalue weighted by Crippen LogP contribution is 1.94. The summed E-state index contributed by atoms with van der Waals surface area (Å²) in [7, 11) is 0. The Balaban J connectivity index is 3.16. The van der Waals surface area contributed by atoms with Gasteiger partial charge in [-0.3, -0.25) is 0 Å². The second-order valence-electron chi connectivity index (χ2n) is 0.880. The molecule has 0 spiro atoms. The van der Waals surface area contributed by atoms with E-state index in [2.05, 4.69) is 22.6 Å². The van der Waals surface area contributed by atoms with Crippen LogP contribution in [0.5, 0.6) is 0 Å². The molecule has 2 nitrogen and oxygen atoms in total. The van der Waals surface area contributed by atoms with Crippen LogP contribution in [0.2, 0.25) is 0 Å².